The van der Waals surface area contributed by atoms with Crippen molar-refractivity contribution in [1.82, 2.24) is 10.6 Å². The van der Waals surface area contributed by atoms with Gasteiger partial charge in [-0.05, 0) is 19.4 Å². The first-order valence-corrected chi connectivity index (χ1v) is 6.52. The lowest BCUT2D eigenvalue weighted by atomic mass is 10.1. The van der Waals surface area contributed by atoms with Gasteiger partial charge in [-0.15, -0.1) is 0 Å². The molecule has 0 aromatic carbocycles. The van der Waals surface area contributed by atoms with Crippen LogP contribution in [0.25, 0.3) is 0 Å². The molecule has 0 aliphatic rings. The molecule has 7 N–H and O–H groups in total. The molecule has 21 heavy (non-hydrogen) atoms. The molecule has 2 atom stereocenters. The monoisotopic (exact) mass is 301 g/mol. The Labute approximate surface area is 122 Å². The van der Waals surface area contributed by atoms with Crippen molar-refractivity contribution in [2.24, 2.45) is 11.5 Å². The van der Waals surface area contributed by atoms with Crippen molar-refractivity contribution < 1.29 is 24.3 Å². The third kappa shape index (κ3) is 9.52. The maximum absolute atomic E-state index is 11.6. The molecule has 9 heteroatoms. The van der Waals surface area contributed by atoms with E-state index in [0.717, 1.165) is 6.42 Å². The molecule has 0 heterocycles. The van der Waals surface area contributed by atoms with Crippen LogP contribution in [0.3, 0.4) is 0 Å². The van der Waals surface area contributed by atoms with E-state index in [9.17, 15) is 19.2 Å². The highest BCUT2D eigenvalue weighted by Crippen LogP contribution is 1.97. The molecule has 0 fully saturated rings. The van der Waals surface area contributed by atoms with Gasteiger partial charge in [-0.25, -0.2) is 0 Å². The molecule has 0 saturated heterocycles. The van der Waals surface area contributed by atoms with Gasteiger partial charge in [-0.1, -0.05) is 6.42 Å². The van der Waals surface area contributed by atoms with Crippen LogP contribution in [0.4, 0.5) is 0 Å². The summed E-state index contributed by atoms with van der Waals surface area (Å²) in [6.07, 6.45) is 2.75. The van der Waals surface area contributed by atoms with E-state index in [1.165, 1.54) is 6.29 Å². The molecule has 0 aromatic rings. The highest BCUT2D eigenvalue weighted by Gasteiger charge is 2.18. The van der Waals surface area contributed by atoms with Crippen molar-refractivity contribution in [3.8, 4) is 0 Å². The number of aliphatic carboxylic acids is 1. The van der Waals surface area contributed by atoms with Crippen LogP contribution in [0.2, 0.25) is 0 Å². The largest absolute Gasteiger partial charge is 0.481 e. The Morgan fingerprint density at radius 2 is 1.90 bits per heavy atom. The molecule has 9 nitrogen and oxygen atoms in total. The van der Waals surface area contributed by atoms with Crippen LogP contribution < -0.4 is 22.1 Å². The molecule has 0 bridgehead atoms. The van der Waals surface area contributed by atoms with E-state index >= 15 is 0 Å². The fourth-order valence-corrected chi connectivity index (χ4v) is 1.48. The Morgan fingerprint density at radius 3 is 2.43 bits per heavy atom. The van der Waals surface area contributed by atoms with E-state index in [0.29, 0.717) is 19.4 Å². The Morgan fingerprint density at radius 1 is 1.24 bits per heavy atom. The smallest absolute Gasteiger partial charge is 0.305 e. The first kappa shape index (κ1) is 19.0. The van der Waals surface area contributed by atoms with E-state index in [2.05, 4.69) is 10.6 Å². The molecule has 0 aromatic heterocycles. The van der Waals surface area contributed by atoms with Crippen LogP contribution in [-0.2, 0) is 19.2 Å². The van der Waals surface area contributed by atoms with Crippen molar-refractivity contribution in [3.05, 3.63) is 0 Å². The number of hydrogen-bond donors (Lipinski definition) is 5. The molecule has 0 saturated carbocycles. The SMILES string of the molecule is NCCCC[C@H](N)C(=O)NCC(=O)N[C@H]([C]=O)CC(=O)O. The van der Waals surface area contributed by atoms with Gasteiger partial charge < -0.3 is 27.2 Å². The summed E-state index contributed by atoms with van der Waals surface area (Å²) >= 11 is 0. The minimum absolute atomic E-state index is 0.388. The molecule has 1 radical (unpaired) electrons. The van der Waals surface area contributed by atoms with Crippen molar-refractivity contribution in [1.29, 1.82) is 0 Å². The van der Waals surface area contributed by atoms with Crippen molar-refractivity contribution >= 4 is 24.1 Å². The number of carboxylic acids is 1. The number of hydrogen-bond acceptors (Lipinski definition) is 6. The number of carboxylic acid groups (broad SMARTS) is 1. The van der Waals surface area contributed by atoms with Gasteiger partial charge in [0.25, 0.3) is 0 Å². The summed E-state index contributed by atoms with van der Waals surface area (Å²) in [6.45, 7) is 0.130. The number of nitrogens with two attached hydrogens (primary N) is 2. The van der Waals surface area contributed by atoms with Gasteiger partial charge in [0.15, 0.2) is 0 Å². The molecule has 0 aliphatic heterocycles. The summed E-state index contributed by atoms with van der Waals surface area (Å²) in [6, 6.07) is -1.98. The molecule has 0 spiro atoms. The average Bonchev–Trinajstić information content (AvgIpc) is 2.43. The summed E-state index contributed by atoms with van der Waals surface area (Å²) < 4.78 is 0. The van der Waals surface area contributed by atoms with E-state index in [1.807, 2.05) is 0 Å². The second-order valence-electron chi connectivity index (χ2n) is 4.44. The molecule has 0 rings (SSSR count). The third-order valence-corrected chi connectivity index (χ3v) is 2.59. The number of carbonyl (C=O) groups excluding carboxylic acids is 3. The van der Waals surface area contributed by atoms with Crippen LogP contribution in [0, 0.1) is 0 Å². The summed E-state index contributed by atoms with van der Waals surface area (Å²) in [7, 11) is 0. The minimum Gasteiger partial charge on any atom is -0.481 e. The first-order valence-electron chi connectivity index (χ1n) is 6.52. The normalized spacial score (nSPS) is 13.0. The lowest BCUT2D eigenvalue weighted by Gasteiger charge is -2.13. The Hall–Kier alpha value is -2.00. The van der Waals surface area contributed by atoms with Crippen molar-refractivity contribution in [2.75, 3.05) is 13.1 Å². The molecular weight excluding hydrogens is 280 g/mol. The Balaban J connectivity index is 4.02. The fraction of sp³-hybridized carbons (Fsp3) is 0.667. The molecule has 0 aliphatic carbocycles. The van der Waals surface area contributed by atoms with Crippen LogP contribution in [0.15, 0.2) is 0 Å². The lowest BCUT2D eigenvalue weighted by molar-refractivity contribution is -0.137. The van der Waals surface area contributed by atoms with Crippen LogP contribution in [0.1, 0.15) is 25.7 Å². The third-order valence-electron chi connectivity index (χ3n) is 2.59. The fourth-order valence-electron chi connectivity index (χ4n) is 1.48. The molecular formula is C12H21N4O5. The maximum atomic E-state index is 11.6. The Bertz CT molecular complexity index is 375. The summed E-state index contributed by atoms with van der Waals surface area (Å²) in [5.74, 6) is -2.42. The van der Waals surface area contributed by atoms with Crippen LogP contribution in [-0.4, -0.2) is 54.3 Å². The average molecular weight is 301 g/mol. The highest BCUT2D eigenvalue weighted by atomic mass is 16.4. The molecule has 0 unspecified atom stereocenters. The van der Waals surface area contributed by atoms with Gasteiger partial charge in [0, 0.05) is 0 Å². The van der Waals surface area contributed by atoms with Crippen LogP contribution >= 0.6 is 0 Å². The zero-order chi connectivity index (χ0) is 16.3. The zero-order valence-corrected chi connectivity index (χ0v) is 11.6. The quantitative estimate of drug-likeness (QED) is 0.266. The van der Waals surface area contributed by atoms with Gasteiger partial charge in [0.05, 0.1) is 19.0 Å². The maximum Gasteiger partial charge on any atom is 0.305 e. The summed E-state index contributed by atoms with van der Waals surface area (Å²) in [5.41, 5.74) is 10.9. The second-order valence-corrected chi connectivity index (χ2v) is 4.44. The standard InChI is InChI=1S/C12H21N4O5/c13-4-2-1-3-9(14)12(21)15-6-10(18)16-8(7-17)5-11(19)20/h8-9H,1-6,13-14H2,(H,15,21)(H,16,18)(H,19,20)/t8-,9-/m0/s1. The Kier molecular flexibility index (Phi) is 9.72. The van der Waals surface area contributed by atoms with Crippen LogP contribution in [0.5, 0.6) is 0 Å². The van der Waals surface area contributed by atoms with E-state index < -0.39 is 36.3 Å². The van der Waals surface area contributed by atoms with Gasteiger partial charge in [0.1, 0.15) is 6.04 Å². The zero-order valence-electron chi connectivity index (χ0n) is 11.6. The van der Waals surface area contributed by atoms with Gasteiger partial charge in [-0.3, -0.25) is 19.2 Å². The summed E-state index contributed by atoms with van der Waals surface area (Å²) in [5, 5.41) is 12.9. The van der Waals surface area contributed by atoms with Gasteiger partial charge in [0.2, 0.25) is 18.1 Å². The topological polar surface area (TPSA) is 165 Å². The van der Waals surface area contributed by atoms with Gasteiger partial charge >= 0.3 is 5.97 Å². The molecule has 2 amide bonds. The van der Waals surface area contributed by atoms with Crippen molar-refractivity contribution in [3.63, 3.8) is 0 Å². The number of rotatable bonds is 11. The minimum atomic E-state index is -1.25. The number of unbranched alkanes of at least 4 members (excludes halogenated alkanes) is 1. The predicted octanol–water partition coefficient (Wildman–Crippen LogP) is -2.37. The number of carbonyl (C=O) groups is 3. The van der Waals surface area contributed by atoms with E-state index in [1.54, 1.807) is 0 Å². The number of amides is 2. The lowest BCUT2D eigenvalue weighted by Crippen LogP contribution is -2.47. The highest BCUT2D eigenvalue weighted by molar-refractivity contribution is 5.88. The van der Waals surface area contributed by atoms with E-state index in [-0.39, 0.29) is 6.54 Å². The number of nitrogens with one attached hydrogen (secondary N) is 2. The second kappa shape index (κ2) is 10.7. The van der Waals surface area contributed by atoms with Gasteiger partial charge in [-0.2, -0.15) is 0 Å². The molecule has 119 valence electrons. The van der Waals surface area contributed by atoms with Crippen molar-refractivity contribution in [2.45, 2.75) is 37.8 Å². The predicted molar refractivity (Wildman–Crippen MR) is 73.8 cm³/mol. The summed E-state index contributed by atoms with van der Waals surface area (Å²) in [4.78, 5) is 43.8. The first-order chi connectivity index (χ1) is 9.90. The van der Waals surface area contributed by atoms with E-state index in [4.69, 9.17) is 16.6 Å².